The molecule has 0 spiro atoms. The summed E-state index contributed by atoms with van der Waals surface area (Å²) in [6.45, 7) is 11.0. The summed E-state index contributed by atoms with van der Waals surface area (Å²) in [5, 5.41) is 6.73. The van der Waals surface area contributed by atoms with Gasteiger partial charge in [0.1, 0.15) is 5.60 Å². The summed E-state index contributed by atoms with van der Waals surface area (Å²) in [6, 6.07) is 10.8. The number of carbonyl (C=O) groups excluding carboxylic acids is 1. The summed E-state index contributed by atoms with van der Waals surface area (Å²) in [7, 11) is 0. The summed E-state index contributed by atoms with van der Waals surface area (Å²) in [5.74, 6) is 0.904. The van der Waals surface area contributed by atoms with Crippen molar-refractivity contribution in [2.24, 2.45) is 11.8 Å². The van der Waals surface area contributed by atoms with E-state index in [1.54, 1.807) is 0 Å². The largest absolute Gasteiger partial charge is 0.444 e. The van der Waals surface area contributed by atoms with Crippen LogP contribution in [0.15, 0.2) is 30.3 Å². The Morgan fingerprint density at radius 2 is 1.91 bits per heavy atom. The molecule has 1 aliphatic rings. The van der Waals surface area contributed by atoms with E-state index in [1.165, 1.54) is 5.56 Å². The Morgan fingerprint density at radius 3 is 2.48 bits per heavy atom. The van der Waals surface area contributed by atoms with Crippen LogP contribution in [0.25, 0.3) is 0 Å². The SMILES string of the molecule is CC(C)C1CN[C@H](c2ccccc2)C[C@@H]1NC(=O)OC(C)(C)C. The smallest absolute Gasteiger partial charge is 0.407 e. The average Bonchev–Trinajstić information content (AvgIpc) is 2.45. The number of benzene rings is 1. The van der Waals surface area contributed by atoms with Gasteiger partial charge in [-0.25, -0.2) is 4.79 Å². The molecule has 1 amide bonds. The highest BCUT2D eigenvalue weighted by molar-refractivity contribution is 5.68. The fourth-order valence-corrected chi connectivity index (χ4v) is 3.20. The molecule has 1 aliphatic heterocycles. The lowest BCUT2D eigenvalue weighted by Gasteiger charge is -2.40. The third-order valence-corrected chi connectivity index (χ3v) is 4.37. The van der Waals surface area contributed by atoms with Crippen LogP contribution >= 0.6 is 0 Å². The number of amides is 1. The van der Waals surface area contributed by atoms with Gasteiger partial charge in [-0.1, -0.05) is 44.2 Å². The molecule has 128 valence electrons. The molecule has 1 aromatic carbocycles. The van der Waals surface area contributed by atoms with E-state index in [0.29, 0.717) is 11.8 Å². The number of hydrogen-bond donors (Lipinski definition) is 2. The Bertz CT molecular complexity index is 508. The van der Waals surface area contributed by atoms with Gasteiger partial charge in [-0.05, 0) is 44.6 Å². The normalized spacial score (nSPS) is 25.2. The average molecular weight is 318 g/mol. The van der Waals surface area contributed by atoms with Crippen molar-refractivity contribution in [1.29, 1.82) is 0 Å². The molecule has 2 N–H and O–H groups in total. The topological polar surface area (TPSA) is 50.4 Å². The first kappa shape index (κ1) is 17.8. The highest BCUT2D eigenvalue weighted by Crippen LogP contribution is 2.30. The van der Waals surface area contributed by atoms with E-state index >= 15 is 0 Å². The quantitative estimate of drug-likeness (QED) is 0.889. The third-order valence-electron chi connectivity index (χ3n) is 4.37. The molecule has 4 nitrogen and oxygen atoms in total. The van der Waals surface area contributed by atoms with E-state index in [-0.39, 0.29) is 18.2 Å². The van der Waals surface area contributed by atoms with Crippen LogP contribution in [0.4, 0.5) is 4.79 Å². The van der Waals surface area contributed by atoms with E-state index < -0.39 is 5.60 Å². The van der Waals surface area contributed by atoms with Crippen molar-refractivity contribution in [3.05, 3.63) is 35.9 Å². The molecule has 3 atom stereocenters. The first-order valence-corrected chi connectivity index (χ1v) is 8.54. The maximum Gasteiger partial charge on any atom is 0.407 e. The number of rotatable bonds is 3. The maximum atomic E-state index is 12.2. The van der Waals surface area contributed by atoms with Crippen LogP contribution < -0.4 is 10.6 Å². The molecule has 23 heavy (non-hydrogen) atoms. The third kappa shape index (κ3) is 5.24. The van der Waals surface area contributed by atoms with Gasteiger partial charge in [0, 0.05) is 18.6 Å². The molecule has 1 unspecified atom stereocenters. The van der Waals surface area contributed by atoms with Crippen LogP contribution in [-0.4, -0.2) is 24.3 Å². The van der Waals surface area contributed by atoms with E-state index in [9.17, 15) is 4.79 Å². The second kappa shape index (κ2) is 7.35. The molecular weight excluding hydrogens is 288 g/mol. The predicted octanol–water partition coefficient (Wildman–Crippen LogP) is 3.89. The molecule has 0 bridgehead atoms. The van der Waals surface area contributed by atoms with E-state index in [4.69, 9.17) is 4.74 Å². The molecule has 0 aliphatic carbocycles. The van der Waals surface area contributed by atoms with Gasteiger partial charge in [-0.15, -0.1) is 0 Å². The minimum absolute atomic E-state index is 0.122. The maximum absolute atomic E-state index is 12.2. The Kier molecular flexibility index (Phi) is 5.69. The second-order valence-corrected chi connectivity index (χ2v) is 7.77. The zero-order chi connectivity index (χ0) is 17.0. The number of carbonyl (C=O) groups is 1. The van der Waals surface area contributed by atoms with Gasteiger partial charge in [0.05, 0.1) is 0 Å². The van der Waals surface area contributed by atoms with Crippen molar-refractivity contribution >= 4 is 6.09 Å². The predicted molar refractivity (Wildman–Crippen MR) is 93.3 cm³/mol. The summed E-state index contributed by atoms with van der Waals surface area (Å²) in [6.07, 6.45) is 0.563. The van der Waals surface area contributed by atoms with Crippen molar-refractivity contribution < 1.29 is 9.53 Å². The molecule has 4 heteroatoms. The van der Waals surface area contributed by atoms with Crippen LogP contribution in [0, 0.1) is 11.8 Å². The number of piperidine rings is 1. The van der Waals surface area contributed by atoms with Crippen molar-refractivity contribution in [2.75, 3.05) is 6.54 Å². The van der Waals surface area contributed by atoms with Crippen LogP contribution in [0.2, 0.25) is 0 Å². The minimum Gasteiger partial charge on any atom is -0.444 e. The first-order valence-electron chi connectivity index (χ1n) is 8.54. The van der Waals surface area contributed by atoms with Crippen molar-refractivity contribution in [1.82, 2.24) is 10.6 Å². The van der Waals surface area contributed by atoms with Gasteiger partial charge in [0.25, 0.3) is 0 Å². The fraction of sp³-hybridized carbons (Fsp3) is 0.632. The monoisotopic (exact) mass is 318 g/mol. The molecule has 0 saturated carbocycles. The highest BCUT2D eigenvalue weighted by atomic mass is 16.6. The highest BCUT2D eigenvalue weighted by Gasteiger charge is 2.34. The summed E-state index contributed by atoms with van der Waals surface area (Å²) >= 11 is 0. The second-order valence-electron chi connectivity index (χ2n) is 7.77. The Labute approximate surface area is 140 Å². The summed E-state index contributed by atoms with van der Waals surface area (Å²) < 4.78 is 5.44. The van der Waals surface area contributed by atoms with Gasteiger partial charge >= 0.3 is 6.09 Å². The first-order chi connectivity index (χ1) is 10.8. The van der Waals surface area contributed by atoms with Gasteiger partial charge < -0.3 is 15.4 Å². The van der Waals surface area contributed by atoms with Gasteiger partial charge in [0.15, 0.2) is 0 Å². The molecule has 1 heterocycles. The van der Waals surface area contributed by atoms with Crippen LogP contribution in [0.5, 0.6) is 0 Å². The van der Waals surface area contributed by atoms with Gasteiger partial charge in [-0.2, -0.15) is 0 Å². The standard InChI is InChI=1S/C19H30N2O2/c1-13(2)15-12-20-16(14-9-7-6-8-10-14)11-17(15)21-18(22)23-19(3,4)5/h6-10,13,15-17,20H,11-12H2,1-5H3,(H,21,22)/t15?,16-,17-/m0/s1. The van der Waals surface area contributed by atoms with Crippen molar-refractivity contribution in [2.45, 2.75) is 58.7 Å². The molecule has 2 rings (SSSR count). The summed E-state index contributed by atoms with van der Waals surface area (Å²) in [5.41, 5.74) is 0.800. The van der Waals surface area contributed by atoms with Crippen LogP contribution in [0.3, 0.4) is 0 Å². The number of alkyl carbamates (subject to hydrolysis) is 1. The van der Waals surface area contributed by atoms with Gasteiger partial charge in [-0.3, -0.25) is 0 Å². The summed E-state index contributed by atoms with van der Waals surface area (Å²) in [4.78, 5) is 12.2. The number of nitrogens with one attached hydrogen (secondary N) is 2. The van der Waals surface area contributed by atoms with Crippen LogP contribution in [0.1, 0.15) is 52.6 Å². The molecular formula is C19H30N2O2. The lowest BCUT2D eigenvalue weighted by molar-refractivity contribution is 0.0448. The lowest BCUT2D eigenvalue weighted by Crippen LogP contribution is -2.53. The van der Waals surface area contributed by atoms with Gasteiger partial charge in [0.2, 0.25) is 0 Å². The zero-order valence-electron chi connectivity index (χ0n) is 14.9. The van der Waals surface area contributed by atoms with Crippen LogP contribution in [-0.2, 0) is 4.74 Å². The molecule has 0 radical (unpaired) electrons. The Balaban J connectivity index is 2.06. The van der Waals surface area contributed by atoms with E-state index in [0.717, 1.165) is 13.0 Å². The van der Waals surface area contributed by atoms with E-state index in [1.807, 2.05) is 26.8 Å². The molecule has 1 fully saturated rings. The van der Waals surface area contributed by atoms with E-state index in [2.05, 4.69) is 48.7 Å². The molecule has 1 aromatic rings. The fourth-order valence-electron chi connectivity index (χ4n) is 3.20. The Hall–Kier alpha value is -1.55. The van der Waals surface area contributed by atoms with Crippen molar-refractivity contribution in [3.63, 3.8) is 0 Å². The lowest BCUT2D eigenvalue weighted by atomic mass is 9.80. The Morgan fingerprint density at radius 1 is 1.26 bits per heavy atom. The molecule has 1 saturated heterocycles. The molecule has 0 aromatic heterocycles. The zero-order valence-corrected chi connectivity index (χ0v) is 14.9. The number of hydrogen-bond acceptors (Lipinski definition) is 3. The minimum atomic E-state index is -0.469. The van der Waals surface area contributed by atoms with Crippen molar-refractivity contribution in [3.8, 4) is 0 Å². The number of ether oxygens (including phenoxy) is 1.